The fraction of sp³-hybridized carbons (Fsp3) is 0.250. The van der Waals surface area contributed by atoms with Gasteiger partial charge in [0, 0.05) is 0 Å². The molecule has 0 radical (unpaired) electrons. The van der Waals surface area contributed by atoms with Crippen LogP contribution in [0.25, 0.3) is 0 Å². The molecule has 20 heavy (non-hydrogen) atoms. The Morgan fingerprint density at radius 1 is 1.00 bits per heavy atom. The molecule has 106 valence electrons. The number of halogens is 3. The Hall–Kier alpha value is -1.81. The van der Waals surface area contributed by atoms with Gasteiger partial charge in [-0.15, -0.1) is 0 Å². The van der Waals surface area contributed by atoms with Crippen LogP contribution < -0.4 is 0 Å². The molecule has 0 aliphatic rings. The number of aryl methyl sites for hydroxylation is 1. The van der Waals surface area contributed by atoms with Crippen LogP contribution in [0.3, 0.4) is 0 Å². The first-order valence-electron chi connectivity index (χ1n) is 6.44. The van der Waals surface area contributed by atoms with Crippen molar-refractivity contribution in [2.75, 3.05) is 0 Å². The van der Waals surface area contributed by atoms with Crippen molar-refractivity contribution in [1.82, 2.24) is 0 Å². The summed E-state index contributed by atoms with van der Waals surface area (Å²) in [6.45, 7) is 2.04. The van der Waals surface area contributed by atoms with Gasteiger partial charge in [-0.1, -0.05) is 37.6 Å². The van der Waals surface area contributed by atoms with Crippen LogP contribution in [-0.2, 0) is 6.42 Å². The van der Waals surface area contributed by atoms with Gasteiger partial charge in [-0.25, -0.2) is 13.2 Å². The first-order chi connectivity index (χ1) is 9.52. The summed E-state index contributed by atoms with van der Waals surface area (Å²) in [6, 6.07) is 8.78. The Morgan fingerprint density at radius 2 is 1.65 bits per heavy atom. The van der Waals surface area contributed by atoms with Crippen molar-refractivity contribution < 1.29 is 18.3 Å². The first-order valence-corrected chi connectivity index (χ1v) is 6.44. The highest BCUT2D eigenvalue weighted by molar-refractivity contribution is 5.33. The first kappa shape index (κ1) is 14.6. The van der Waals surface area contributed by atoms with Crippen LogP contribution in [0.1, 0.15) is 36.1 Å². The molecule has 0 spiro atoms. The van der Waals surface area contributed by atoms with Crippen molar-refractivity contribution in [1.29, 1.82) is 0 Å². The molecule has 0 heterocycles. The largest absolute Gasteiger partial charge is 0.384 e. The second-order valence-corrected chi connectivity index (χ2v) is 4.70. The summed E-state index contributed by atoms with van der Waals surface area (Å²) in [5.41, 5.74) is 1.56. The zero-order valence-electron chi connectivity index (χ0n) is 11.0. The normalized spacial score (nSPS) is 12.4. The van der Waals surface area contributed by atoms with E-state index in [2.05, 4.69) is 0 Å². The van der Waals surface area contributed by atoms with Crippen LogP contribution in [0, 0.1) is 17.5 Å². The number of aliphatic hydroxyl groups excluding tert-OH is 1. The number of hydrogen-bond donors (Lipinski definition) is 1. The van der Waals surface area contributed by atoms with E-state index in [1.807, 2.05) is 13.0 Å². The lowest BCUT2D eigenvalue weighted by molar-refractivity contribution is 0.218. The maximum atomic E-state index is 13.2. The van der Waals surface area contributed by atoms with Crippen LogP contribution in [0.2, 0.25) is 0 Å². The van der Waals surface area contributed by atoms with E-state index in [0.29, 0.717) is 5.56 Å². The lowest BCUT2D eigenvalue weighted by Crippen LogP contribution is -2.03. The summed E-state index contributed by atoms with van der Waals surface area (Å²) in [7, 11) is 0. The molecule has 0 amide bonds. The summed E-state index contributed by atoms with van der Waals surface area (Å²) >= 11 is 0. The number of aliphatic hydroxyl groups is 1. The smallest absolute Gasteiger partial charge is 0.194 e. The van der Waals surface area contributed by atoms with Gasteiger partial charge in [0.1, 0.15) is 6.10 Å². The van der Waals surface area contributed by atoms with Gasteiger partial charge in [-0.05, 0) is 35.2 Å². The molecule has 0 fully saturated rings. The maximum Gasteiger partial charge on any atom is 0.194 e. The molecule has 0 saturated heterocycles. The molecule has 0 aliphatic heterocycles. The van der Waals surface area contributed by atoms with Gasteiger partial charge in [0.05, 0.1) is 0 Å². The molecule has 0 aliphatic carbocycles. The zero-order chi connectivity index (χ0) is 14.7. The summed E-state index contributed by atoms with van der Waals surface area (Å²) < 4.78 is 39.3. The van der Waals surface area contributed by atoms with Gasteiger partial charge in [0.25, 0.3) is 0 Å². The van der Waals surface area contributed by atoms with E-state index in [1.165, 1.54) is 0 Å². The molecule has 2 rings (SSSR count). The SMILES string of the molecule is CCCc1cccc(C(O)c2cc(F)c(F)c(F)c2)c1. The fourth-order valence-electron chi connectivity index (χ4n) is 2.13. The van der Waals surface area contributed by atoms with Crippen LogP contribution in [0.4, 0.5) is 13.2 Å². The Kier molecular flexibility index (Phi) is 4.45. The monoisotopic (exact) mass is 280 g/mol. The van der Waals surface area contributed by atoms with E-state index in [9.17, 15) is 18.3 Å². The summed E-state index contributed by atoms with van der Waals surface area (Å²) in [5, 5.41) is 10.2. The predicted octanol–water partition coefficient (Wildman–Crippen LogP) is 4.14. The Balaban J connectivity index is 2.35. The molecule has 1 unspecified atom stereocenters. The van der Waals surface area contributed by atoms with Gasteiger partial charge in [0.15, 0.2) is 17.5 Å². The average Bonchev–Trinajstić information content (AvgIpc) is 2.44. The van der Waals surface area contributed by atoms with E-state index < -0.39 is 23.6 Å². The maximum absolute atomic E-state index is 13.2. The highest BCUT2D eigenvalue weighted by atomic mass is 19.2. The Labute approximate surface area is 115 Å². The predicted molar refractivity (Wildman–Crippen MR) is 70.8 cm³/mol. The summed E-state index contributed by atoms with van der Waals surface area (Å²) in [5.74, 6) is -4.13. The molecule has 1 atom stereocenters. The molecular weight excluding hydrogens is 265 g/mol. The fourth-order valence-corrected chi connectivity index (χ4v) is 2.13. The third-order valence-electron chi connectivity index (χ3n) is 3.13. The Bertz CT molecular complexity index is 587. The van der Waals surface area contributed by atoms with E-state index in [4.69, 9.17) is 0 Å². The lowest BCUT2D eigenvalue weighted by atomic mass is 9.98. The van der Waals surface area contributed by atoms with Crippen LogP contribution >= 0.6 is 0 Å². The molecule has 0 saturated carbocycles. The van der Waals surface area contributed by atoms with Crippen LogP contribution in [-0.4, -0.2) is 5.11 Å². The van der Waals surface area contributed by atoms with Crippen molar-refractivity contribution in [2.24, 2.45) is 0 Å². The molecule has 2 aromatic rings. The molecule has 1 N–H and O–H groups in total. The van der Waals surface area contributed by atoms with Gasteiger partial charge in [-0.2, -0.15) is 0 Å². The van der Waals surface area contributed by atoms with Crippen molar-refractivity contribution in [3.05, 3.63) is 70.5 Å². The van der Waals surface area contributed by atoms with Crippen molar-refractivity contribution in [3.63, 3.8) is 0 Å². The van der Waals surface area contributed by atoms with Gasteiger partial charge in [0.2, 0.25) is 0 Å². The standard InChI is InChI=1S/C16H15F3O/c1-2-4-10-5-3-6-11(7-10)16(20)12-8-13(17)15(19)14(18)9-12/h3,5-9,16,20H,2,4H2,1H3. The quantitative estimate of drug-likeness (QED) is 0.835. The average molecular weight is 280 g/mol. The second-order valence-electron chi connectivity index (χ2n) is 4.70. The zero-order valence-corrected chi connectivity index (χ0v) is 11.0. The van der Waals surface area contributed by atoms with Crippen molar-refractivity contribution in [2.45, 2.75) is 25.9 Å². The highest BCUT2D eigenvalue weighted by Gasteiger charge is 2.17. The Morgan fingerprint density at radius 3 is 2.25 bits per heavy atom. The summed E-state index contributed by atoms with van der Waals surface area (Å²) in [6.07, 6.45) is 0.628. The molecule has 2 aromatic carbocycles. The molecule has 0 bridgehead atoms. The lowest BCUT2D eigenvalue weighted by Gasteiger charge is -2.13. The third-order valence-corrected chi connectivity index (χ3v) is 3.13. The molecular formula is C16H15F3O. The van der Waals surface area contributed by atoms with E-state index in [0.717, 1.165) is 30.5 Å². The molecule has 0 aromatic heterocycles. The minimum atomic E-state index is -1.53. The number of rotatable bonds is 4. The number of hydrogen-bond acceptors (Lipinski definition) is 1. The molecule has 1 nitrogen and oxygen atoms in total. The molecule has 4 heteroatoms. The third kappa shape index (κ3) is 3.02. The van der Waals surface area contributed by atoms with Gasteiger partial charge < -0.3 is 5.11 Å². The second kappa shape index (κ2) is 6.09. The topological polar surface area (TPSA) is 20.2 Å². The minimum absolute atomic E-state index is 0.00458. The van der Waals surface area contributed by atoms with Gasteiger partial charge in [-0.3, -0.25) is 0 Å². The highest BCUT2D eigenvalue weighted by Crippen LogP contribution is 2.25. The van der Waals surface area contributed by atoms with Gasteiger partial charge >= 0.3 is 0 Å². The summed E-state index contributed by atoms with van der Waals surface area (Å²) in [4.78, 5) is 0. The van der Waals surface area contributed by atoms with Crippen LogP contribution in [0.15, 0.2) is 36.4 Å². The van der Waals surface area contributed by atoms with E-state index in [-0.39, 0.29) is 5.56 Å². The van der Waals surface area contributed by atoms with E-state index in [1.54, 1.807) is 18.2 Å². The van der Waals surface area contributed by atoms with Crippen LogP contribution in [0.5, 0.6) is 0 Å². The van der Waals surface area contributed by atoms with E-state index >= 15 is 0 Å². The minimum Gasteiger partial charge on any atom is -0.384 e. The van der Waals surface area contributed by atoms with Crippen molar-refractivity contribution >= 4 is 0 Å². The number of benzene rings is 2. The van der Waals surface area contributed by atoms with Crippen molar-refractivity contribution in [3.8, 4) is 0 Å².